The van der Waals surface area contributed by atoms with Crippen molar-refractivity contribution >= 4 is 35.5 Å². The van der Waals surface area contributed by atoms with Gasteiger partial charge in [0.25, 0.3) is 0 Å². The summed E-state index contributed by atoms with van der Waals surface area (Å²) in [5.41, 5.74) is 6.78. The van der Waals surface area contributed by atoms with E-state index in [1.165, 1.54) is 24.3 Å². The van der Waals surface area contributed by atoms with E-state index >= 15 is 0 Å². The zero-order valence-electron chi connectivity index (χ0n) is 18.8. The number of aliphatic carboxylic acids is 1. The number of aromatic nitrogens is 2. The van der Waals surface area contributed by atoms with Gasteiger partial charge in [-0.25, -0.2) is 9.78 Å². The standard InChI is InChI=1S/C22H30N6O5S/c1-34-8-7-16(22(32)33)27-21(31)18(10-15-12-24-13-25-15)28-20(30)17(26-19(29)11-23)9-14-5-3-2-4-6-14/h2-6,12-13,16-18H,7-11,23H2,1H3,(H,24,25)(H,26,29)(H,27,31)(H,28,30)(H,32,33). The van der Waals surface area contributed by atoms with Gasteiger partial charge in [0.2, 0.25) is 17.7 Å². The van der Waals surface area contributed by atoms with E-state index in [4.69, 9.17) is 5.73 Å². The number of nitrogens with two attached hydrogens (primary N) is 1. The first-order chi connectivity index (χ1) is 16.3. The van der Waals surface area contributed by atoms with Gasteiger partial charge in [0.1, 0.15) is 18.1 Å². The Morgan fingerprint density at radius 1 is 1.03 bits per heavy atom. The number of rotatable bonds is 14. The highest BCUT2D eigenvalue weighted by atomic mass is 32.2. The maximum absolute atomic E-state index is 13.1. The molecule has 0 aliphatic rings. The average Bonchev–Trinajstić information content (AvgIpc) is 3.34. The van der Waals surface area contributed by atoms with Gasteiger partial charge in [0.15, 0.2) is 0 Å². The van der Waals surface area contributed by atoms with E-state index in [9.17, 15) is 24.3 Å². The van der Waals surface area contributed by atoms with Gasteiger partial charge < -0.3 is 31.8 Å². The van der Waals surface area contributed by atoms with Crippen LogP contribution in [0.3, 0.4) is 0 Å². The van der Waals surface area contributed by atoms with E-state index in [1.54, 1.807) is 0 Å². The number of hydrogen-bond donors (Lipinski definition) is 6. The number of H-pyrrole nitrogens is 1. The Morgan fingerprint density at radius 3 is 2.24 bits per heavy atom. The second-order valence-corrected chi connectivity index (χ2v) is 8.52. The molecule has 0 bridgehead atoms. The first-order valence-electron chi connectivity index (χ1n) is 10.7. The molecule has 11 nitrogen and oxygen atoms in total. The molecule has 1 aromatic heterocycles. The van der Waals surface area contributed by atoms with Crippen LogP contribution >= 0.6 is 11.8 Å². The Balaban J connectivity index is 2.20. The maximum atomic E-state index is 13.1. The molecular formula is C22H30N6O5S. The monoisotopic (exact) mass is 490 g/mol. The molecule has 0 aliphatic carbocycles. The van der Waals surface area contributed by atoms with E-state index in [0.717, 1.165) is 5.56 Å². The van der Waals surface area contributed by atoms with Crippen molar-refractivity contribution in [2.24, 2.45) is 5.73 Å². The number of thioether (sulfide) groups is 1. The fraction of sp³-hybridized carbons (Fsp3) is 0.409. The van der Waals surface area contributed by atoms with Crippen molar-refractivity contribution in [1.29, 1.82) is 0 Å². The molecule has 0 fully saturated rings. The lowest BCUT2D eigenvalue weighted by Crippen LogP contribution is -2.57. The van der Waals surface area contributed by atoms with Gasteiger partial charge in [0.05, 0.1) is 12.9 Å². The van der Waals surface area contributed by atoms with Gasteiger partial charge in [-0.2, -0.15) is 11.8 Å². The third kappa shape index (κ3) is 8.87. The predicted octanol–water partition coefficient (Wildman–Crippen LogP) is -0.554. The van der Waals surface area contributed by atoms with E-state index < -0.39 is 41.8 Å². The summed E-state index contributed by atoms with van der Waals surface area (Å²) in [6.45, 7) is -0.299. The molecule has 0 spiro atoms. The third-order valence-electron chi connectivity index (χ3n) is 4.96. The van der Waals surface area contributed by atoms with E-state index in [0.29, 0.717) is 11.4 Å². The molecule has 0 radical (unpaired) electrons. The molecule has 0 saturated carbocycles. The smallest absolute Gasteiger partial charge is 0.326 e. The Morgan fingerprint density at radius 2 is 1.68 bits per heavy atom. The van der Waals surface area contributed by atoms with Crippen LogP contribution in [-0.4, -0.2) is 75.4 Å². The van der Waals surface area contributed by atoms with Crippen LogP contribution in [0.25, 0.3) is 0 Å². The van der Waals surface area contributed by atoms with Gasteiger partial charge >= 0.3 is 5.97 Å². The number of carbonyl (C=O) groups excluding carboxylic acids is 3. The molecule has 3 amide bonds. The molecule has 184 valence electrons. The molecule has 3 atom stereocenters. The summed E-state index contributed by atoms with van der Waals surface area (Å²) < 4.78 is 0. The molecular weight excluding hydrogens is 460 g/mol. The van der Waals surface area contributed by atoms with Crippen molar-refractivity contribution in [1.82, 2.24) is 25.9 Å². The molecule has 3 unspecified atom stereocenters. The van der Waals surface area contributed by atoms with Crippen LogP contribution in [0.15, 0.2) is 42.9 Å². The quantitative estimate of drug-likeness (QED) is 0.204. The number of nitrogens with zero attached hydrogens (tertiary/aromatic N) is 1. The van der Waals surface area contributed by atoms with Gasteiger partial charge in [-0.15, -0.1) is 0 Å². The number of nitrogens with one attached hydrogen (secondary N) is 4. The van der Waals surface area contributed by atoms with Crippen LogP contribution in [0.2, 0.25) is 0 Å². The molecule has 0 aliphatic heterocycles. The highest BCUT2D eigenvalue weighted by Gasteiger charge is 2.30. The number of carboxylic acids is 1. The lowest BCUT2D eigenvalue weighted by Gasteiger charge is -2.24. The van der Waals surface area contributed by atoms with E-state index in [1.807, 2.05) is 36.6 Å². The summed E-state index contributed by atoms with van der Waals surface area (Å²) in [6, 6.07) is 5.89. The SMILES string of the molecule is CSCCC(NC(=O)C(Cc1cnc[nH]1)NC(=O)C(Cc1ccccc1)NC(=O)CN)C(=O)O. The van der Waals surface area contributed by atoms with Gasteiger partial charge in [-0.05, 0) is 24.0 Å². The first-order valence-corrected chi connectivity index (χ1v) is 12.1. The summed E-state index contributed by atoms with van der Waals surface area (Å²) in [4.78, 5) is 56.5. The number of hydrogen-bond acceptors (Lipinski definition) is 7. The van der Waals surface area contributed by atoms with Crippen LogP contribution in [0, 0.1) is 0 Å². The summed E-state index contributed by atoms with van der Waals surface area (Å²) in [5, 5.41) is 17.2. The number of carboxylic acid groups (broad SMARTS) is 1. The minimum Gasteiger partial charge on any atom is -0.480 e. The molecule has 2 aromatic rings. The summed E-state index contributed by atoms with van der Waals surface area (Å²) >= 11 is 1.46. The first kappa shape index (κ1) is 26.9. The van der Waals surface area contributed by atoms with Crippen LogP contribution in [0.1, 0.15) is 17.7 Å². The molecule has 34 heavy (non-hydrogen) atoms. The van der Waals surface area contributed by atoms with Crippen molar-refractivity contribution in [2.75, 3.05) is 18.6 Å². The fourth-order valence-electron chi connectivity index (χ4n) is 3.18. The van der Waals surface area contributed by atoms with Crippen molar-refractivity contribution in [3.8, 4) is 0 Å². The van der Waals surface area contributed by atoms with Gasteiger partial charge in [0, 0.05) is 24.7 Å². The minimum absolute atomic E-state index is 0.0509. The van der Waals surface area contributed by atoms with Crippen molar-refractivity contribution in [3.05, 3.63) is 54.1 Å². The molecule has 1 aromatic carbocycles. The number of carbonyl (C=O) groups is 4. The van der Waals surface area contributed by atoms with Crippen LogP contribution in [-0.2, 0) is 32.0 Å². The predicted molar refractivity (Wildman–Crippen MR) is 128 cm³/mol. The second-order valence-electron chi connectivity index (χ2n) is 7.54. The number of amides is 3. The molecule has 0 saturated heterocycles. The minimum atomic E-state index is -1.16. The van der Waals surface area contributed by atoms with Gasteiger partial charge in [-0.3, -0.25) is 14.4 Å². The number of benzene rings is 1. The largest absolute Gasteiger partial charge is 0.480 e. The summed E-state index contributed by atoms with van der Waals surface area (Å²) in [6.07, 6.45) is 5.25. The van der Waals surface area contributed by atoms with E-state index in [-0.39, 0.29) is 25.8 Å². The lowest BCUT2D eigenvalue weighted by atomic mass is 10.0. The second kappa shape index (κ2) is 14.0. The number of imidazole rings is 1. The molecule has 12 heteroatoms. The zero-order valence-corrected chi connectivity index (χ0v) is 19.6. The van der Waals surface area contributed by atoms with Gasteiger partial charge in [-0.1, -0.05) is 30.3 Å². The molecule has 1 heterocycles. The third-order valence-corrected chi connectivity index (χ3v) is 5.60. The lowest BCUT2D eigenvalue weighted by molar-refractivity contribution is -0.142. The normalized spacial score (nSPS) is 13.4. The Hall–Kier alpha value is -3.38. The Kier molecular flexibility index (Phi) is 11.1. The van der Waals surface area contributed by atoms with Crippen LogP contribution in [0.5, 0.6) is 0 Å². The van der Waals surface area contributed by atoms with Crippen LogP contribution < -0.4 is 21.7 Å². The topological polar surface area (TPSA) is 179 Å². The highest BCUT2D eigenvalue weighted by Crippen LogP contribution is 2.07. The van der Waals surface area contributed by atoms with Crippen molar-refractivity contribution < 1.29 is 24.3 Å². The van der Waals surface area contributed by atoms with Crippen molar-refractivity contribution in [3.63, 3.8) is 0 Å². The average molecular weight is 491 g/mol. The van der Waals surface area contributed by atoms with Crippen molar-refractivity contribution in [2.45, 2.75) is 37.4 Å². The Bertz CT molecular complexity index is 941. The molecule has 2 rings (SSSR count). The Labute approximate surface area is 201 Å². The summed E-state index contributed by atoms with van der Waals surface area (Å²) in [5.74, 6) is -2.39. The maximum Gasteiger partial charge on any atom is 0.326 e. The number of aromatic amines is 1. The zero-order chi connectivity index (χ0) is 24.9. The van der Waals surface area contributed by atoms with E-state index in [2.05, 4.69) is 25.9 Å². The highest BCUT2D eigenvalue weighted by molar-refractivity contribution is 7.98. The molecule has 7 N–H and O–H groups in total. The summed E-state index contributed by atoms with van der Waals surface area (Å²) in [7, 11) is 0. The fourth-order valence-corrected chi connectivity index (χ4v) is 3.65. The van der Waals surface area contributed by atoms with Crippen LogP contribution in [0.4, 0.5) is 0 Å².